The Kier molecular flexibility index (Phi) is 5.44. The lowest BCUT2D eigenvalue weighted by molar-refractivity contribution is -0.121. The monoisotopic (exact) mass is 231 g/mol. The van der Waals surface area contributed by atoms with Crippen LogP contribution >= 0.6 is 11.6 Å². The highest BCUT2D eigenvalue weighted by atomic mass is 35.5. The quantitative estimate of drug-likeness (QED) is 0.587. The summed E-state index contributed by atoms with van der Waals surface area (Å²) in [6.45, 7) is 3.82. The van der Waals surface area contributed by atoms with Gasteiger partial charge in [-0.15, -0.1) is 11.6 Å². The molecule has 0 saturated heterocycles. The fourth-order valence-electron chi connectivity index (χ4n) is 2.27. The third-order valence-electron chi connectivity index (χ3n) is 3.34. The molecule has 1 N–H and O–H groups in total. The van der Waals surface area contributed by atoms with E-state index in [2.05, 4.69) is 12.2 Å². The van der Waals surface area contributed by atoms with E-state index in [4.69, 9.17) is 11.6 Å². The molecule has 0 heterocycles. The summed E-state index contributed by atoms with van der Waals surface area (Å²) in [4.78, 5) is 11.4. The van der Waals surface area contributed by atoms with Crippen LogP contribution in [0.4, 0.5) is 0 Å². The van der Waals surface area contributed by atoms with E-state index in [9.17, 15) is 4.79 Å². The summed E-state index contributed by atoms with van der Waals surface area (Å²) in [6.07, 6.45) is 7.81. The molecule has 2 atom stereocenters. The first-order valence-corrected chi connectivity index (χ1v) is 6.49. The molecular weight excluding hydrogens is 210 g/mol. The van der Waals surface area contributed by atoms with E-state index in [1.54, 1.807) is 6.92 Å². The lowest BCUT2D eigenvalue weighted by Gasteiger charge is -2.24. The van der Waals surface area contributed by atoms with E-state index in [0.29, 0.717) is 5.92 Å². The van der Waals surface area contributed by atoms with Crippen molar-refractivity contribution in [2.24, 2.45) is 5.92 Å². The van der Waals surface area contributed by atoms with Crippen LogP contribution < -0.4 is 5.32 Å². The summed E-state index contributed by atoms with van der Waals surface area (Å²) in [5, 5.41) is 2.59. The second-order valence-electron chi connectivity index (χ2n) is 4.66. The van der Waals surface area contributed by atoms with Crippen molar-refractivity contribution in [3.8, 4) is 0 Å². The van der Waals surface area contributed by atoms with E-state index in [-0.39, 0.29) is 11.9 Å². The molecule has 0 bridgehead atoms. The van der Waals surface area contributed by atoms with Crippen LogP contribution in [0.5, 0.6) is 0 Å². The molecule has 1 fully saturated rings. The van der Waals surface area contributed by atoms with Crippen LogP contribution in [0, 0.1) is 5.92 Å². The fourth-order valence-corrected chi connectivity index (χ4v) is 2.33. The van der Waals surface area contributed by atoms with Gasteiger partial charge in [-0.2, -0.15) is 0 Å². The van der Waals surface area contributed by atoms with Crippen LogP contribution in [0.15, 0.2) is 0 Å². The zero-order valence-corrected chi connectivity index (χ0v) is 10.5. The van der Waals surface area contributed by atoms with Crippen LogP contribution in [0.1, 0.15) is 52.4 Å². The number of rotatable bonds is 3. The number of amides is 1. The van der Waals surface area contributed by atoms with Gasteiger partial charge in [-0.1, -0.05) is 25.7 Å². The molecule has 1 rings (SSSR count). The Balaban J connectivity index is 2.37. The third-order valence-corrected chi connectivity index (χ3v) is 3.54. The van der Waals surface area contributed by atoms with Crippen LogP contribution in [-0.4, -0.2) is 17.3 Å². The average Bonchev–Trinajstić information content (AvgIpc) is 2.45. The number of alkyl halides is 1. The zero-order chi connectivity index (χ0) is 11.3. The summed E-state index contributed by atoms with van der Waals surface area (Å²) in [7, 11) is 0. The Hall–Kier alpha value is -0.240. The molecule has 3 heteroatoms. The molecule has 88 valence electrons. The second-order valence-corrected chi connectivity index (χ2v) is 5.32. The largest absolute Gasteiger partial charge is 0.352 e. The minimum Gasteiger partial charge on any atom is -0.352 e. The second kappa shape index (κ2) is 6.37. The molecule has 0 aromatic rings. The van der Waals surface area contributed by atoms with Crippen molar-refractivity contribution < 1.29 is 4.79 Å². The molecule has 1 aliphatic rings. The van der Waals surface area contributed by atoms with Gasteiger partial charge in [0.05, 0.1) is 0 Å². The van der Waals surface area contributed by atoms with Gasteiger partial charge in [-0.25, -0.2) is 0 Å². The molecule has 15 heavy (non-hydrogen) atoms. The summed E-state index contributed by atoms with van der Waals surface area (Å²) in [5.41, 5.74) is 0. The van der Waals surface area contributed by atoms with Crippen molar-refractivity contribution in [2.45, 2.75) is 63.8 Å². The maximum Gasteiger partial charge on any atom is 0.237 e. The molecule has 0 radical (unpaired) electrons. The van der Waals surface area contributed by atoms with E-state index in [0.717, 1.165) is 0 Å². The molecule has 0 spiro atoms. The predicted octanol–water partition coefficient (Wildman–Crippen LogP) is 3.09. The van der Waals surface area contributed by atoms with E-state index in [1.807, 2.05) is 0 Å². The maximum absolute atomic E-state index is 11.4. The van der Waals surface area contributed by atoms with Crippen LogP contribution in [-0.2, 0) is 4.79 Å². The fraction of sp³-hybridized carbons (Fsp3) is 0.917. The molecule has 2 nitrogen and oxygen atoms in total. The van der Waals surface area contributed by atoms with E-state index < -0.39 is 5.38 Å². The number of halogens is 1. The van der Waals surface area contributed by atoms with Crippen molar-refractivity contribution in [1.29, 1.82) is 0 Å². The first kappa shape index (κ1) is 12.8. The van der Waals surface area contributed by atoms with Gasteiger partial charge in [0.25, 0.3) is 0 Å². The third kappa shape index (κ3) is 4.42. The molecule has 0 aromatic heterocycles. The van der Waals surface area contributed by atoms with Gasteiger partial charge in [-0.3, -0.25) is 4.79 Å². The van der Waals surface area contributed by atoms with Gasteiger partial charge in [0.15, 0.2) is 0 Å². The maximum atomic E-state index is 11.4. The Bertz CT molecular complexity index is 198. The number of hydrogen-bond acceptors (Lipinski definition) is 1. The Labute approximate surface area is 97.8 Å². The first-order chi connectivity index (χ1) is 7.11. The standard InChI is InChI=1S/C12H22ClNO/c1-9(13)12(15)14-10(2)11-7-5-3-4-6-8-11/h9-11H,3-8H2,1-2H3,(H,14,15)/t9?,10-/m1/s1. The van der Waals surface area contributed by atoms with Gasteiger partial charge in [0.2, 0.25) is 5.91 Å². The molecule has 0 aliphatic heterocycles. The van der Waals surface area contributed by atoms with Crippen LogP contribution in [0.3, 0.4) is 0 Å². The lowest BCUT2D eigenvalue weighted by Crippen LogP contribution is -2.41. The highest BCUT2D eigenvalue weighted by molar-refractivity contribution is 6.30. The van der Waals surface area contributed by atoms with Crippen molar-refractivity contribution >= 4 is 17.5 Å². The molecular formula is C12H22ClNO. The molecule has 1 amide bonds. The van der Waals surface area contributed by atoms with Crippen LogP contribution in [0.2, 0.25) is 0 Å². The van der Waals surface area contributed by atoms with E-state index in [1.165, 1.54) is 38.5 Å². The number of hydrogen-bond donors (Lipinski definition) is 1. The lowest BCUT2D eigenvalue weighted by atomic mass is 9.93. The number of carbonyl (C=O) groups excluding carboxylic acids is 1. The minimum atomic E-state index is -0.418. The van der Waals surface area contributed by atoms with Gasteiger partial charge in [0, 0.05) is 6.04 Å². The summed E-state index contributed by atoms with van der Waals surface area (Å²) in [5.74, 6) is 0.611. The minimum absolute atomic E-state index is 0.0339. The van der Waals surface area contributed by atoms with Crippen molar-refractivity contribution in [1.82, 2.24) is 5.32 Å². The Morgan fingerprint density at radius 1 is 1.20 bits per heavy atom. The van der Waals surface area contributed by atoms with Crippen LogP contribution in [0.25, 0.3) is 0 Å². The SMILES string of the molecule is CC(Cl)C(=O)N[C@H](C)C1CCCCCC1. The van der Waals surface area contributed by atoms with Crippen molar-refractivity contribution in [3.63, 3.8) is 0 Å². The van der Waals surface area contributed by atoms with Crippen molar-refractivity contribution in [3.05, 3.63) is 0 Å². The zero-order valence-electron chi connectivity index (χ0n) is 9.76. The smallest absolute Gasteiger partial charge is 0.237 e. The van der Waals surface area contributed by atoms with Gasteiger partial charge >= 0.3 is 0 Å². The highest BCUT2D eigenvalue weighted by Gasteiger charge is 2.21. The topological polar surface area (TPSA) is 29.1 Å². The Morgan fingerprint density at radius 3 is 2.20 bits per heavy atom. The normalized spacial score (nSPS) is 22.9. The van der Waals surface area contributed by atoms with Crippen molar-refractivity contribution in [2.75, 3.05) is 0 Å². The van der Waals surface area contributed by atoms with E-state index >= 15 is 0 Å². The highest BCUT2D eigenvalue weighted by Crippen LogP contribution is 2.25. The Morgan fingerprint density at radius 2 is 1.73 bits per heavy atom. The number of nitrogens with one attached hydrogen (secondary N) is 1. The van der Waals surface area contributed by atoms with Gasteiger partial charge in [0.1, 0.15) is 5.38 Å². The summed E-state index contributed by atoms with van der Waals surface area (Å²) >= 11 is 5.73. The van der Waals surface area contributed by atoms with Gasteiger partial charge < -0.3 is 5.32 Å². The predicted molar refractivity (Wildman–Crippen MR) is 64.1 cm³/mol. The number of carbonyl (C=O) groups is 1. The molecule has 1 aliphatic carbocycles. The van der Waals surface area contributed by atoms with Gasteiger partial charge in [-0.05, 0) is 32.6 Å². The molecule has 1 unspecified atom stereocenters. The first-order valence-electron chi connectivity index (χ1n) is 6.05. The summed E-state index contributed by atoms with van der Waals surface area (Å²) in [6, 6.07) is 0.275. The molecule has 0 aromatic carbocycles. The molecule has 1 saturated carbocycles. The summed E-state index contributed by atoms with van der Waals surface area (Å²) < 4.78 is 0. The average molecular weight is 232 g/mol.